The van der Waals surface area contributed by atoms with Gasteiger partial charge in [-0.3, -0.25) is 4.79 Å². The van der Waals surface area contributed by atoms with E-state index < -0.39 is 0 Å². The molecule has 0 aliphatic carbocycles. The molecule has 0 saturated heterocycles. The van der Waals surface area contributed by atoms with Crippen molar-refractivity contribution in [3.8, 4) is 28.6 Å². The van der Waals surface area contributed by atoms with Gasteiger partial charge in [-0.2, -0.15) is 9.78 Å². The summed E-state index contributed by atoms with van der Waals surface area (Å²) in [4.78, 5) is 18.7. The quantitative estimate of drug-likeness (QED) is 0.141. The van der Waals surface area contributed by atoms with Gasteiger partial charge in [0.25, 0.3) is 5.56 Å². The number of ether oxygens (including phenoxy) is 3. The van der Waals surface area contributed by atoms with Gasteiger partial charge in [-0.25, -0.2) is 9.37 Å². The van der Waals surface area contributed by atoms with Crippen LogP contribution in [0.3, 0.4) is 0 Å². The van der Waals surface area contributed by atoms with Gasteiger partial charge in [-0.05, 0) is 106 Å². The molecule has 0 bridgehead atoms. The number of nitrogens with zero attached hydrogens (tertiary/aromatic N) is 3. The van der Waals surface area contributed by atoms with Crippen LogP contribution in [-0.2, 0) is 6.61 Å². The second-order valence-corrected chi connectivity index (χ2v) is 11.4. The summed E-state index contributed by atoms with van der Waals surface area (Å²) in [5.74, 6) is 2.03. The van der Waals surface area contributed by atoms with Crippen LogP contribution in [0.2, 0.25) is 0 Å². The maximum absolute atomic E-state index is 13.8. The SMILES string of the molecule is CCOc1cc(C=Nn2c(-c3cc(C(C)C)c(OC)cc3C)nc3ccccc3c2=O)cc(Br)c1OCc1cccc(F)c1. The minimum absolute atomic E-state index is 0.158. The molecule has 0 amide bonds. The standard InChI is InChI=1S/C35H33BrFN3O4/c1-6-43-32-17-24(16-29(36)33(32)44-20-23-10-9-11-25(37)15-23)19-38-40-34(39-30-13-8-7-12-26(30)35(40)41)28-18-27(21(2)3)31(42-5)14-22(28)4/h7-19,21H,6,20H2,1-5H3. The van der Waals surface area contributed by atoms with Crippen molar-refractivity contribution in [3.05, 3.63) is 116 Å². The highest BCUT2D eigenvalue weighted by Crippen LogP contribution is 2.38. The zero-order chi connectivity index (χ0) is 31.4. The van der Waals surface area contributed by atoms with Crippen molar-refractivity contribution in [2.45, 2.75) is 40.2 Å². The van der Waals surface area contributed by atoms with Gasteiger partial charge in [0.05, 0.1) is 35.3 Å². The summed E-state index contributed by atoms with van der Waals surface area (Å²) in [5, 5.41) is 5.12. The third-order valence-corrected chi connectivity index (χ3v) is 7.71. The molecule has 44 heavy (non-hydrogen) atoms. The van der Waals surface area contributed by atoms with E-state index in [0.717, 1.165) is 22.4 Å². The van der Waals surface area contributed by atoms with Crippen molar-refractivity contribution in [2.75, 3.05) is 13.7 Å². The Morgan fingerprint density at radius 1 is 1.02 bits per heavy atom. The first-order valence-electron chi connectivity index (χ1n) is 14.3. The molecule has 0 aliphatic rings. The number of para-hydroxylation sites is 1. The fourth-order valence-electron chi connectivity index (χ4n) is 4.94. The number of benzene rings is 4. The van der Waals surface area contributed by atoms with Crippen LogP contribution in [0.1, 0.15) is 48.9 Å². The molecule has 226 valence electrons. The number of methoxy groups -OCH3 is 1. The molecule has 5 rings (SSSR count). The Kier molecular flexibility index (Phi) is 9.44. The number of hydrogen-bond donors (Lipinski definition) is 0. The van der Waals surface area contributed by atoms with Gasteiger partial charge in [0.1, 0.15) is 18.2 Å². The van der Waals surface area contributed by atoms with Crippen molar-refractivity contribution in [1.29, 1.82) is 0 Å². The summed E-state index contributed by atoms with van der Waals surface area (Å²) >= 11 is 3.59. The first kappa shape index (κ1) is 30.9. The van der Waals surface area contributed by atoms with Crippen LogP contribution in [0.25, 0.3) is 22.3 Å². The lowest BCUT2D eigenvalue weighted by Gasteiger charge is -2.17. The molecule has 1 aromatic heterocycles. The van der Waals surface area contributed by atoms with Crippen LogP contribution in [0.15, 0.2) is 87.2 Å². The van der Waals surface area contributed by atoms with Gasteiger partial charge >= 0.3 is 0 Å². The van der Waals surface area contributed by atoms with E-state index in [9.17, 15) is 9.18 Å². The third-order valence-electron chi connectivity index (χ3n) is 7.12. The van der Waals surface area contributed by atoms with Crippen LogP contribution in [0.4, 0.5) is 4.39 Å². The summed E-state index contributed by atoms with van der Waals surface area (Å²) in [7, 11) is 1.65. The van der Waals surface area contributed by atoms with Crippen LogP contribution >= 0.6 is 15.9 Å². The summed E-state index contributed by atoms with van der Waals surface area (Å²) in [6, 6.07) is 21.1. The Labute approximate surface area is 264 Å². The van der Waals surface area contributed by atoms with E-state index in [1.54, 1.807) is 37.6 Å². The molecule has 0 aliphatic heterocycles. The number of fused-ring (bicyclic) bond motifs is 1. The van der Waals surface area contributed by atoms with Crippen molar-refractivity contribution in [3.63, 3.8) is 0 Å². The summed E-state index contributed by atoms with van der Waals surface area (Å²) in [5.41, 5.74) is 4.34. The molecule has 0 N–H and O–H groups in total. The maximum atomic E-state index is 13.8. The lowest BCUT2D eigenvalue weighted by Crippen LogP contribution is -2.20. The van der Waals surface area contributed by atoms with Crippen LogP contribution in [0, 0.1) is 12.7 Å². The Morgan fingerprint density at radius 2 is 1.82 bits per heavy atom. The molecule has 0 atom stereocenters. The second-order valence-electron chi connectivity index (χ2n) is 10.6. The average molecular weight is 659 g/mol. The van der Waals surface area contributed by atoms with Crippen molar-refractivity contribution >= 4 is 33.0 Å². The highest BCUT2D eigenvalue weighted by atomic mass is 79.9. The molecule has 9 heteroatoms. The smallest absolute Gasteiger partial charge is 0.282 e. The Hall–Kier alpha value is -4.50. The summed E-state index contributed by atoms with van der Waals surface area (Å²) < 4.78 is 33.2. The molecule has 4 aromatic carbocycles. The van der Waals surface area contributed by atoms with E-state index in [0.29, 0.717) is 50.4 Å². The number of aryl methyl sites for hydroxylation is 1. The van der Waals surface area contributed by atoms with Gasteiger partial charge in [-0.1, -0.05) is 38.1 Å². The lowest BCUT2D eigenvalue weighted by atomic mass is 9.96. The predicted molar refractivity (Wildman–Crippen MR) is 176 cm³/mol. The molecular formula is C35H33BrFN3O4. The van der Waals surface area contributed by atoms with Crippen LogP contribution < -0.4 is 19.8 Å². The molecule has 0 fully saturated rings. The average Bonchev–Trinajstić information content (AvgIpc) is 3.00. The van der Waals surface area contributed by atoms with Crippen LogP contribution in [0.5, 0.6) is 17.2 Å². The normalized spacial score (nSPS) is 11.5. The Bertz CT molecular complexity index is 1920. The van der Waals surface area contributed by atoms with Gasteiger partial charge < -0.3 is 14.2 Å². The van der Waals surface area contributed by atoms with Crippen LogP contribution in [-0.4, -0.2) is 29.6 Å². The predicted octanol–water partition coefficient (Wildman–Crippen LogP) is 8.27. The molecule has 0 radical (unpaired) electrons. The fourth-order valence-corrected chi connectivity index (χ4v) is 5.52. The van der Waals surface area contributed by atoms with E-state index in [-0.39, 0.29) is 23.9 Å². The topological polar surface area (TPSA) is 74.9 Å². The molecule has 1 heterocycles. The van der Waals surface area contributed by atoms with E-state index >= 15 is 0 Å². The minimum atomic E-state index is -0.329. The maximum Gasteiger partial charge on any atom is 0.282 e. The monoisotopic (exact) mass is 657 g/mol. The number of aromatic nitrogens is 2. The highest BCUT2D eigenvalue weighted by Gasteiger charge is 2.19. The number of rotatable bonds is 10. The van der Waals surface area contributed by atoms with E-state index in [2.05, 4.69) is 34.9 Å². The van der Waals surface area contributed by atoms with E-state index in [1.165, 1.54) is 16.8 Å². The first-order chi connectivity index (χ1) is 21.2. The molecule has 7 nitrogen and oxygen atoms in total. The molecule has 0 spiro atoms. The van der Waals surface area contributed by atoms with Crippen molar-refractivity contribution in [1.82, 2.24) is 9.66 Å². The zero-order valence-electron chi connectivity index (χ0n) is 25.2. The second kappa shape index (κ2) is 13.4. The molecular weight excluding hydrogens is 625 g/mol. The largest absolute Gasteiger partial charge is 0.496 e. The van der Waals surface area contributed by atoms with Crippen molar-refractivity contribution in [2.24, 2.45) is 5.10 Å². The molecule has 0 unspecified atom stereocenters. The van der Waals surface area contributed by atoms with Gasteiger partial charge in [0, 0.05) is 5.56 Å². The summed E-state index contributed by atoms with van der Waals surface area (Å²) in [6.07, 6.45) is 1.59. The third kappa shape index (κ3) is 6.53. The van der Waals surface area contributed by atoms with E-state index in [1.807, 2.05) is 50.2 Å². The van der Waals surface area contributed by atoms with Gasteiger partial charge in [-0.15, -0.1) is 0 Å². The molecule has 0 saturated carbocycles. The van der Waals surface area contributed by atoms with E-state index in [4.69, 9.17) is 19.2 Å². The summed E-state index contributed by atoms with van der Waals surface area (Å²) in [6.45, 7) is 8.58. The molecule has 5 aromatic rings. The number of halogens is 2. The van der Waals surface area contributed by atoms with Crippen molar-refractivity contribution < 1.29 is 18.6 Å². The minimum Gasteiger partial charge on any atom is -0.496 e. The van der Waals surface area contributed by atoms with Gasteiger partial charge in [0.2, 0.25) is 0 Å². The van der Waals surface area contributed by atoms with Gasteiger partial charge in [0.15, 0.2) is 17.3 Å². The Balaban J connectivity index is 1.60. The number of hydrogen-bond acceptors (Lipinski definition) is 6. The zero-order valence-corrected chi connectivity index (χ0v) is 26.8. The Morgan fingerprint density at radius 3 is 2.55 bits per heavy atom. The lowest BCUT2D eigenvalue weighted by molar-refractivity contribution is 0.267. The first-order valence-corrected chi connectivity index (χ1v) is 15.1. The fraction of sp³-hybridized carbons (Fsp3) is 0.229. The highest BCUT2D eigenvalue weighted by molar-refractivity contribution is 9.10.